The average molecular weight is 260 g/mol. The molecular formula is C9H12N2O5S. The predicted molar refractivity (Wildman–Crippen MR) is 57.9 cm³/mol. The van der Waals surface area contributed by atoms with Crippen LogP contribution in [-0.4, -0.2) is 27.5 Å². The minimum atomic E-state index is -3.89. The summed E-state index contributed by atoms with van der Waals surface area (Å²) in [7, 11) is -3.89. The van der Waals surface area contributed by atoms with Gasteiger partial charge in [0.05, 0.1) is 5.56 Å². The Morgan fingerprint density at radius 1 is 1.47 bits per heavy atom. The molecule has 7 nitrogen and oxygen atoms in total. The first-order chi connectivity index (χ1) is 8.04. The fraction of sp³-hybridized carbons (Fsp3) is 0.444. The molecular weight excluding hydrogens is 248 g/mol. The molecule has 1 aliphatic heterocycles. The maximum absolute atomic E-state index is 11.5. The van der Waals surface area contributed by atoms with E-state index in [0.29, 0.717) is 19.6 Å². The highest BCUT2D eigenvalue weighted by Gasteiger charge is 2.27. The normalized spacial score (nSPS) is 16.0. The van der Waals surface area contributed by atoms with Gasteiger partial charge in [-0.25, -0.2) is 13.6 Å². The van der Waals surface area contributed by atoms with Crippen molar-refractivity contribution in [3.05, 3.63) is 17.6 Å². The van der Waals surface area contributed by atoms with Crippen molar-refractivity contribution in [1.29, 1.82) is 0 Å². The van der Waals surface area contributed by atoms with E-state index in [1.165, 1.54) is 6.26 Å². The van der Waals surface area contributed by atoms with Gasteiger partial charge >= 0.3 is 0 Å². The Kier molecular flexibility index (Phi) is 3.07. The average Bonchev–Trinajstić information content (AvgIpc) is 2.73. The number of primary sulfonamides is 1. The molecule has 1 aromatic heterocycles. The van der Waals surface area contributed by atoms with Gasteiger partial charge in [0.25, 0.3) is 5.90 Å². The zero-order valence-corrected chi connectivity index (χ0v) is 9.99. The molecule has 0 radical (unpaired) electrons. The van der Waals surface area contributed by atoms with Gasteiger partial charge in [-0.05, 0) is 5.16 Å². The summed E-state index contributed by atoms with van der Waals surface area (Å²) in [6, 6.07) is 0. The van der Waals surface area contributed by atoms with Crippen molar-refractivity contribution in [3.63, 3.8) is 0 Å². The van der Waals surface area contributed by atoms with Gasteiger partial charge in [-0.3, -0.25) is 0 Å². The fourth-order valence-electron chi connectivity index (χ4n) is 1.52. The van der Waals surface area contributed by atoms with Crippen molar-refractivity contribution in [1.82, 2.24) is 0 Å². The standard InChI is InChI=1S/C9H12N2O5S/c1-2-7-8(17(10,12)13)6(5-15-7)9-11-16-4-3-14-9/h5H,2-4H2,1H3,(H2,10,12,13). The van der Waals surface area contributed by atoms with Crippen LogP contribution in [0.5, 0.6) is 0 Å². The molecule has 0 aromatic carbocycles. The smallest absolute Gasteiger partial charge is 0.262 e. The highest BCUT2D eigenvalue weighted by atomic mass is 32.2. The second-order valence-electron chi connectivity index (χ2n) is 3.38. The number of nitrogens with two attached hydrogens (primary N) is 1. The van der Waals surface area contributed by atoms with Crippen LogP contribution in [0.2, 0.25) is 0 Å². The Hall–Kier alpha value is -1.54. The molecule has 17 heavy (non-hydrogen) atoms. The zero-order chi connectivity index (χ0) is 12.5. The molecule has 2 N–H and O–H groups in total. The lowest BCUT2D eigenvalue weighted by Gasteiger charge is -2.12. The highest BCUT2D eigenvalue weighted by Crippen LogP contribution is 2.24. The number of sulfonamides is 1. The van der Waals surface area contributed by atoms with E-state index in [9.17, 15) is 8.42 Å². The van der Waals surface area contributed by atoms with Gasteiger partial charge in [-0.15, -0.1) is 0 Å². The Balaban J connectivity index is 2.55. The Morgan fingerprint density at radius 2 is 2.24 bits per heavy atom. The first kappa shape index (κ1) is 11.9. The predicted octanol–water partition coefficient (Wildman–Crippen LogP) is 0.198. The van der Waals surface area contributed by atoms with E-state index in [4.69, 9.17) is 19.1 Å². The number of hydrogen-bond donors (Lipinski definition) is 1. The molecule has 1 aromatic rings. The molecule has 2 rings (SSSR count). The lowest BCUT2D eigenvalue weighted by Crippen LogP contribution is -2.21. The number of hydrogen-bond acceptors (Lipinski definition) is 6. The number of ether oxygens (including phenoxy) is 1. The molecule has 0 bridgehead atoms. The summed E-state index contributed by atoms with van der Waals surface area (Å²) in [5, 5.41) is 8.78. The molecule has 0 aliphatic carbocycles. The van der Waals surface area contributed by atoms with Crippen molar-refractivity contribution in [2.75, 3.05) is 13.2 Å². The maximum atomic E-state index is 11.5. The first-order valence-corrected chi connectivity index (χ1v) is 6.55. The van der Waals surface area contributed by atoms with Crippen molar-refractivity contribution in [3.8, 4) is 0 Å². The monoisotopic (exact) mass is 260 g/mol. The largest absolute Gasteiger partial charge is 0.471 e. The summed E-state index contributed by atoms with van der Waals surface area (Å²) in [4.78, 5) is 4.74. The fourth-order valence-corrected chi connectivity index (χ4v) is 2.48. The van der Waals surface area contributed by atoms with Crippen molar-refractivity contribution < 1.29 is 22.4 Å². The number of rotatable bonds is 3. The van der Waals surface area contributed by atoms with Crippen LogP contribution >= 0.6 is 0 Å². The third kappa shape index (κ3) is 2.27. The molecule has 0 amide bonds. The molecule has 2 heterocycles. The van der Waals surface area contributed by atoms with Gasteiger partial charge in [0, 0.05) is 6.42 Å². The van der Waals surface area contributed by atoms with Crippen molar-refractivity contribution in [2.24, 2.45) is 10.3 Å². The molecule has 0 atom stereocenters. The van der Waals surface area contributed by atoms with Gasteiger partial charge in [-0.2, -0.15) is 0 Å². The summed E-state index contributed by atoms with van der Waals surface area (Å²) in [6.45, 7) is 2.39. The third-order valence-electron chi connectivity index (χ3n) is 2.21. The Bertz CT molecular complexity index is 546. The van der Waals surface area contributed by atoms with E-state index in [0.717, 1.165) is 0 Å². The number of furan rings is 1. The minimum absolute atomic E-state index is 0.0729. The van der Waals surface area contributed by atoms with Crippen LogP contribution < -0.4 is 5.14 Å². The maximum Gasteiger partial charge on any atom is 0.262 e. The molecule has 0 fully saturated rings. The van der Waals surface area contributed by atoms with Crippen LogP contribution in [-0.2, 0) is 26.0 Å². The summed E-state index contributed by atoms with van der Waals surface area (Å²) in [6.07, 6.45) is 1.66. The summed E-state index contributed by atoms with van der Waals surface area (Å²) in [5.74, 6) is 0.350. The van der Waals surface area contributed by atoms with E-state index in [2.05, 4.69) is 5.16 Å². The van der Waals surface area contributed by atoms with Gasteiger partial charge in [0.1, 0.15) is 23.5 Å². The number of oxime groups is 1. The van der Waals surface area contributed by atoms with E-state index in [-0.39, 0.29) is 22.1 Å². The van der Waals surface area contributed by atoms with Gasteiger partial charge < -0.3 is 14.0 Å². The Morgan fingerprint density at radius 3 is 2.76 bits per heavy atom. The molecule has 0 saturated carbocycles. The van der Waals surface area contributed by atoms with Gasteiger partial charge in [0.15, 0.2) is 6.61 Å². The zero-order valence-electron chi connectivity index (χ0n) is 9.17. The summed E-state index contributed by atoms with van der Waals surface area (Å²) >= 11 is 0. The lowest BCUT2D eigenvalue weighted by atomic mass is 10.2. The number of aryl methyl sites for hydroxylation is 1. The third-order valence-corrected chi connectivity index (χ3v) is 3.23. The Labute approximate surface area is 98.2 Å². The lowest BCUT2D eigenvalue weighted by molar-refractivity contribution is 0.0653. The second kappa shape index (κ2) is 4.38. The molecule has 94 valence electrons. The topological polar surface area (TPSA) is 104 Å². The van der Waals surface area contributed by atoms with Crippen LogP contribution in [0.15, 0.2) is 20.7 Å². The van der Waals surface area contributed by atoms with Crippen molar-refractivity contribution in [2.45, 2.75) is 18.2 Å². The van der Waals surface area contributed by atoms with Crippen LogP contribution in [0.3, 0.4) is 0 Å². The molecule has 8 heteroatoms. The van der Waals surface area contributed by atoms with E-state index in [1.54, 1.807) is 6.92 Å². The van der Waals surface area contributed by atoms with Crippen LogP contribution in [0.1, 0.15) is 18.2 Å². The van der Waals surface area contributed by atoms with Crippen molar-refractivity contribution >= 4 is 15.9 Å². The minimum Gasteiger partial charge on any atom is -0.471 e. The van der Waals surface area contributed by atoms with Crippen LogP contribution in [0, 0.1) is 0 Å². The molecule has 0 spiro atoms. The highest BCUT2D eigenvalue weighted by molar-refractivity contribution is 7.89. The SMILES string of the molecule is CCc1occ(C2=NOCCO2)c1S(N)(=O)=O. The quantitative estimate of drug-likeness (QED) is 0.835. The van der Waals surface area contributed by atoms with E-state index < -0.39 is 10.0 Å². The van der Waals surface area contributed by atoms with Crippen LogP contribution in [0.25, 0.3) is 0 Å². The molecule has 0 unspecified atom stereocenters. The molecule has 1 aliphatic rings. The molecule has 0 saturated heterocycles. The first-order valence-electron chi connectivity index (χ1n) is 5.00. The van der Waals surface area contributed by atoms with E-state index >= 15 is 0 Å². The van der Waals surface area contributed by atoms with Gasteiger partial charge in [-0.1, -0.05) is 6.92 Å². The second-order valence-corrected chi connectivity index (χ2v) is 4.88. The van der Waals surface area contributed by atoms with E-state index in [1.807, 2.05) is 0 Å². The number of nitrogens with zero attached hydrogens (tertiary/aromatic N) is 1. The summed E-state index contributed by atoms with van der Waals surface area (Å²) in [5.41, 5.74) is 0.198. The van der Waals surface area contributed by atoms with Gasteiger partial charge in [0.2, 0.25) is 10.0 Å². The van der Waals surface area contributed by atoms with Crippen LogP contribution in [0.4, 0.5) is 0 Å². The summed E-state index contributed by atoms with van der Waals surface area (Å²) < 4.78 is 33.4.